The standard InChI is InChI=1S/C13H25ClN2O/c1-5-16-8-6-11(7-9-16)15(4)12(17)13(2,3)10-14/h11H,5-10H2,1-4H3. The summed E-state index contributed by atoms with van der Waals surface area (Å²) >= 11 is 5.86. The fourth-order valence-electron chi connectivity index (χ4n) is 2.32. The van der Waals surface area contributed by atoms with Gasteiger partial charge in [-0.05, 0) is 33.2 Å². The Labute approximate surface area is 110 Å². The second kappa shape index (κ2) is 6.05. The lowest BCUT2D eigenvalue weighted by atomic mass is 9.92. The highest BCUT2D eigenvalue weighted by Crippen LogP contribution is 2.24. The molecule has 0 spiro atoms. The third kappa shape index (κ3) is 3.59. The lowest BCUT2D eigenvalue weighted by molar-refractivity contribution is -0.140. The van der Waals surface area contributed by atoms with Gasteiger partial charge in [0.2, 0.25) is 5.91 Å². The molecule has 1 heterocycles. The van der Waals surface area contributed by atoms with Gasteiger partial charge in [-0.1, -0.05) is 6.92 Å². The minimum atomic E-state index is -0.446. The van der Waals surface area contributed by atoms with Gasteiger partial charge in [-0.3, -0.25) is 4.79 Å². The van der Waals surface area contributed by atoms with E-state index >= 15 is 0 Å². The molecule has 0 bridgehead atoms. The lowest BCUT2D eigenvalue weighted by Crippen LogP contribution is -2.49. The quantitative estimate of drug-likeness (QED) is 0.724. The zero-order chi connectivity index (χ0) is 13.1. The zero-order valence-corrected chi connectivity index (χ0v) is 12.3. The number of nitrogens with zero attached hydrogens (tertiary/aromatic N) is 2. The molecule has 0 N–H and O–H groups in total. The largest absolute Gasteiger partial charge is 0.342 e. The summed E-state index contributed by atoms with van der Waals surface area (Å²) < 4.78 is 0. The fraction of sp³-hybridized carbons (Fsp3) is 0.923. The maximum atomic E-state index is 12.3. The molecule has 0 aromatic carbocycles. The number of alkyl halides is 1. The smallest absolute Gasteiger partial charge is 0.229 e. The summed E-state index contributed by atoms with van der Waals surface area (Å²) in [7, 11) is 1.92. The van der Waals surface area contributed by atoms with Gasteiger partial charge in [0.05, 0.1) is 5.41 Å². The Kier molecular flexibility index (Phi) is 5.26. The summed E-state index contributed by atoms with van der Waals surface area (Å²) in [4.78, 5) is 16.6. The monoisotopic (exact) mass is 260 g/mol. The first-order valence-electron chi connectivity index (χ1n) is 6.48. The van der Waals surface area contributed by atoms with E-state index in [2.05, 4.69) is 11.8 Å². The zero-order valence-electron chi connectivity index (χ0n) is 11.5. The number of hydrogen-bond donors (Lipinski definition) is 0. The molecule has 1 rings (SSSR count). The third-order valence-electron chi connectivity index (χ3n) is 3.79. The summed E-state index contributed by atoms with van der Waals surface area (Å²) in [5, 5.41) is 0. The molecule has 0 unspecified atom stereocenters. The first-order chi connectivity index (χ1) is 7.92. The summed E-state index contributed by atoms with van der Waals surface area (Å²) in [6, 6.07) is 0.382. The number of halogens is 1. The molecule has 1 saturated heterocycles. The average Bonchev–Trinajstić information content (AvgIpc) is 2.37. The topological polar surface area (TPSA) is 23.6 Å². The second-order valence-corrected chi connectivity index (χ2v) is 5.87. The van der Waals surface area contributed by atoms with Gasteiger partial charge in [0.25, 0.3) is 0 Å². The van der Waals surface area contributed by atoms with Crippen LogP contribution < -0.4 is 0 Å². The van der Waals surface area contributed by atoms with E-state index in [1.54, 1.807) is 0 Å². The van der Waals surface area contributed by atoms with Crippen molar-refractivity contribution in [3.8, 4) is 0 Å². The van der Waals surface area contributed by atoms with Crippen LogP contribution in [0, 0.1) is 5.41 Å². The van der Waals surface area contributed by atoms with Crippen LogP contribution in [-0.2, 0) is 4.79 Å². The van der Waals surface area contributed by atoms with Crippen molar-refractivity contribution in [1.29, 1.82) is 0 Å². The van der Waals surface area contributed by atoms with E-state index in [4.69, 9.17) is 11.6 Å². The molecule has 17 heavy (non-hydrogen) atoms. The maximum absolute atomic E-state index is 12.3. The number of likely N-dealkylation sites (tertiary alicyclic amines) is 1. The molecule has 0 aliphatic carbocycles. The van der Waals surface area contributed by atoms with Crippen molar-refractivity contribution in [3.05, 3.63) is 0 Å². The Morgan fingerprint density at radius 1 is 1.41 bits per heavy atom. The highest BCUT2D eigenvalue weighted by Gasteiger charge is 2.33. The molecular weight excluding hydrogens is 236 g/mol. The van der Waals surface area contributed by atoms with Crippen LogP contribution in [0.1, 0.15) is 33.6 Å². The first kappa shape index (κ1) is 14.8. The second-order valence-electron chi connectivity index (χ2n) is 5.60. The van der Waals surface area contributed by atoms with Crippen molar-refractivity contribution < 1.29 is 4.79 Å². The number of rotatable bonds is 4. The van der Waals surface area contributed by atoms with E-state index in [0.29, 0.717) is 11.9 Å². The van der Waals surface area contributed by atoms with Crippen molar-refractivity contribution in [1.82, 2.24) is 9.80 Å². The van der Waals surface area contributed by atoms with Crippen molar-refractivity contribution >= 4 is 17.5 Å². The molecule has 1 aliphatic rings. The predicted octanol–water partition coefficient (Wildman–Crippen LogP) is 2.19. The molecule has 100 valence electrons. The average molecular weight is 261 g/mol. The van der Waals surface area contributed by atoms with Gasteiger partial charge in [-0.25, -0.2) is 0 Å². The molecule has 1 aliphatic heterocycles. The van der Waals surface area contributed by atoms with Crippen LogP contribution in [0.15, 0.2) is 0 Å². The number of amides is 1. The van der Waals surface area contributed by atoms with Gasteiger partial charge >= 0.3 is 0 Å². The van der Waals surface area contributed by atoms with Gasteiger partial charge in [-0.15, -0.1) is 11.6 Å². The van der Waals surface area contributed by atoms with Gasteiger partial charge in [0.1, 0.15) is 0 Å². The van der Waals surface area contributed by atoms with Crippen LogP contribution in [0.5, 0.6) is 0 Å². The lowest BCUT2D eigenvalue weighted by Gasteiger charge is -2.39. The molecule has 0 aromatic rings. The first-order valence-corrected chi connectivity index (χ1v) is 7.01. The van der Waals surface area contributed by atoms with Crippen LogP contribution in [-0.4, -0.2) is 54.3 Å². The Bertz CT molecular complexity index is 260. The minimum absolute atomic E-state index is 0.169. The molecule has 4 heteroatoms. The van der Waals surface area contributed by atoms with Crippen molar-refractivity contribution in [3.63, 3.8) is 0 Å². The molecule has 1 amide bonds. The minimum Gasteiger partial charge on any atom is -0.342 e. The maximum Gasteiger partial charge on any atom is 0.229 e. The number of hydrogen-bond acceptors (Lipinski definition) is 2. The van der Waals surface area contributed by atoms with Gasteiger partial charge in [0, 0.05) is 32.1 Å². The molecule has 3 nitrogen and oxygen atoms in total. The fourth-order valence-corrected chi connectivity index (χ4v) is 2.44. The van der Waals surface area contributed by atoms with E-state index in [0.717, 1.165) is 32.5 Å². The molecule has 0 saturated carbocycles. The predicted molar refractivity (Wildman–Crippen MR) is 72.4 cm³/mol. The number of carbonyl (C=O) groups excluding carboxylic acids is 1. The Hall–Kier alpha value is -0.280. The summed E-state index contributed by atoms with van der Waals surface area (Å²) in [6.45, 7) is 9.32. The van der Waals surface area contributed by atoms with E-state index in [9.17, 15) is 4.79 Å². The van der Waals surface area contributed by atoms with Gasteiger partial charge in [0.15, 0.2) is 0 Å². The Morgan fingerprint density at radius 3 is 2.35 bits per heavy atom. The van der Waals surface area contributed by atoms with Crippen molar-refractivity contribution in [2.24, 2.45) is 5.41 Å². The highest BCUT2D eigenvalue weighted by molar-refractivity contribution is 6.19. The molecular formula is C13H25ClN2O. The van der Waals surface area contributed by atoms with E-state index in [1.165, 1.54) is 0 Å². The van der Waals surface area contributed by atoms with Gasteiger partial charge < -0.3 is 9.80 Å². The summed E-state index contributed by atoms with van der Waals surface area (Å²) in [5.74, 6) is 0.548. The summed E-state index contributed by atoms with van der Waals surface area (Å²) in [5.41, 5.74) is -0.446. The van der Waals surface area contributed by atoms with Crippen LogP contribution in [0.3, 0.4) is 0 Å². The molecule has 0 radical (unpaired) electrons. The van der Waals surface area contributed by atoms with Crippen molar-refractivity contribution in [2.45, 2.75) is 39.7 Å². The van der Waals surface area contributed by atoms with E-state index < -0.39 is 5.41 Å². The SMILES string of the molecule is CCN1CCC(N(C)C(=O)C(C)(C)CCl)CC1. The van der Waals surface area contributed by atoms with E-state index in [1.807, 2.05) is 25.8 Å². The van der Waals surface area contributed by atoms with Crippen LogP contribution in [0.25, 0.3) is 0 Å². The molecule has 0 aromatic heterocycles. The highest BCUT2D eigenvalue weighted by atomic mass is 35.5. The van der Waals surface area contributed by atoms with Gasteiger partial charge in [-0.2, -0.15) is 0 Å². The summed E-state index contributed by atoms with van der Waals surface area (Å²) in [6.07, 6.45) is 2.16. The molecule has 0 atom stereocenters. The Balaban J connectivity index is 2.54. The normalized spacial score (nSPS) is 19.4. The molecule has 1 fully saturated rings. The van der Waals surface area contributed by atoms with Crippen LogP contribution >= 0.6 is 11.6 Å². The van der Waals surface area contributed by atoms with Crippen LogP contribution in [0.2, 0.25) is 0 Å². The number of carbonyl (C=O) groups is 1. The Morgan fingerprint density at radius 2 is 1.94 bits per heavy atom. The number of piperidine rings is 1. The van der Waals surface area contributed by atoms with Crippen molar-refractivity contribution in [2.75, 3.05) is 32.6 Å². The third-order valence-corrected chi connectivity index (χ3v) is 4.45. The van der Waals surface area contributed by atoms with E-state index in [-0.39, 0.29) is 5.91 Å². The van der Waals surface area contributed by atoms with Crippen LogP contribution in [0.4, 0.5) is 0 Å².